The number of aromatic carboxylic acids is 1. The van der Waals surface area contributed by atoms with Crippen LogP contribution in [0.1, 0.15) is 52.6 Å². The van der Waals surface area contributed by atoms with Crippen LogP contribution >= 0.6 is 0 Å². The molecule has 434 valence electrons. The molecule has 6 aromatic carbocycles. The van der Waals surface area contributed by atoms with Crippen molar-refractivity contribution in [1.29, 1.82) is 0 Å². The molecule has 6 aromatic rings. The van der Waals surface area contributed by atoms with Gasteiger partial charge in [0.05, 0.1) is 16.7 Å². The smallest absolute Gasteiger partial charge is 0.337 e. The van der Waals surface area contributed by atoms with E-state index in [1.54, 1.807) is 32.1 Å². The molecule has 0 aromatic heterocycles. The van der Waals surface area contributed by atoms with Crippen molar-refractivity contribution >= 4 is 58.2 Å². The van der Waals surface area contributed by atoms with Gasteiger partial charge < -0.3 is 67.2 Å². The van der Waals surface area contributed by atoms with Gasteiger partial charge in [-0.15, -0.1) is 0 Å². The Morgan fingerprint density at radius 3 is 1.34 bits per heavy atom. The van der Waals surface area contributed by atoms with Gasteiger partial charge in [-0.2, -0.15) is 0 Å². The van der Waals surface area contributed by atoms with Gasteiger partial charge >= 0.3 is 5.97 Å². The van der Waals surface area contributed by atoms with Gasteiger partial charge in [-0.05, 0) is 142 Å². The summed E-state index contributed by atoms with van der Waals surface area (Å²) in [6.45, 7) is 5.89. The molecule has 0 aliphatic carbocycles. The van der Waals surface area contributed by atoms with Crippen molar-refractivity contribution in [3.05, 3.63) is 178 Å². The second kappa shape index (κ2) is 36.1. The molecular formula is C60H83F3N12O5. The SMILES string of the molecule is CN(C)c1ccc(C=O)cc1.CN(CCN(C)C(=O)c1cc(F)ccc1NCc1ccc(N(C)C)cc1)Cc1ccc(N(C)C)cc1.CNCCN(C)C(=O)c1cc(F)ccc1N.CNCCNC.Nc1ccc(F)cc1C(=O)O. The predicted molar refractivity (Wildman–Crippen MR) is 322 cm³/mol. The van der Waals surface area contributed by atoms with Crippen molar-refractivity contribution in [3.63, 3.8) is 0 Å². The first-order chi connectivity index (χ1) is 38.0. The lowest BCUT2D eigenvalue weighted by molar-refractivity contribution is 0.0695. The van der Waals surface area contributed by atoms with Crippen molar-refractivity contribution in [1.82, 2.24) is 30.7 Å². The Morgan fingerprint density at radius 1 is 0.500 bits per heavy atom. The molecule has 6 rings (SSSR count). The number of carbonyl (C=O) groups is 4. The first-order valence-electron chi connectivity index (χ1n) is 25.7. The molecule has 80 heavy (non-hydrogen) atoms. The third-order valence-electron chi connectivity index (χ3n) is 11.9. The van der Waals surface area contributed by atoms with Crippen LogP contribution in [0.15, 0.2) is 127 Å². The number of rotatable bonds is 21. The molecule has 0 saturated heterocycles. The van der Waals surface area contributed by atoms with Gasteiger partial charge in [0.15, 0.2) is 0 Å². The Kier molecular flexibility index (Phi) is 30.6. The number of hydrogen-bond acceptors (Lipinski definition) is 14. The summed E-state index contributed by atoms with van der Waals surface area (Å²) >= 11 is 0. The zero-order valence-corrected chi connectivity index (χ0v) is 48.4. The molecule has 0 spiro atoms. The van der Waals surface area contributed by atoms with Crippen LogP contribution in [0.2, 0.25) is 0 Å². The standard InChI is InChI=1S/C29H38FN5O.C11H16FN3O.C9H11NO.C7H6FNO2.C4H12N2/c1-32(2)25-12-7-22(8-13-25)20-31-28-16-11-24(30)19-27(28)29(36)35(6)18-17-34(5)21-23-9-14-26(15-10-23)33(3)4;1-14-5-6-15(2)11(16)9-7-8(12)3-4-10(9)13;1-10(2)9-5-3-8(7-11)4-6-9;8-4-1-2-6(9)5(3-4)7(10)11;1-5-3-4-6-2/h7-16,19,31H,17-18,20-21H2,1-6H3;3-4,7,14H,5-6,13H2,1-2H3;3-7H,1-2H3;1-3H,9H2,(H,10,11);5-6H,3-4H2,1-2H3. The van der Waals surface area contributed by atoms with E-state index in [0.717, 1.165) is 72.3 Å². The Bertz CT molecular complexity index is 2800. The highest BCUT2D eigenvalue weighted by Crippen LogP contribution is 2.22. The van der Waals surface area contributed by atoms with Crippen molar-refractivity contribution in [2.45, 2.75) is 13.1 Å². The molecule has 0 radical (unpaired) electrons. The summed E-state index contributed by atoms with van der Waals surface area (Å²) < 4.78 is 39.4. The first kappa shape index (κ1) is 67.9. The minimum atomic E-state index is -1.22. The number of hydrogen-bond donors (Lipinski definition) is 7. The number of anilines is 6. The maximum Gasteiger partial charge on any atom is 0.337 e. The van der Waals surface area contributed by atoms with Crippen molar-refractivity contribution in [2.75, 3.05) is 155 Å². The van der Waals surface area contributed by atoms with Gasteiger partial charge in [-0.1, -0.05) is 24.3 Å². The van der Waals surface area contributed by atoms with Crippen LogP contribution in [0.3, 0.4) is 0 Å². The van der Waals surface area contributed by atoms with Crippen LogP contribution < -0.4 is 47.4 Å². The third-order valence-corrected chi connectivity index (χ3v) is 11.9. The molecule has 0 heterocycles. The molecule has 0 fully saturated rings. The normalized spacial score (nSPS) is 10.2. The van der Waals surface area contributed by atoms with Gasteiger partial charge in [-0.3, -0.25) is 14.4 Å². The first-order valence-corrected chi connectivity index (χ1v) is 25.7. The van der Waals surface area contributed by atoms with E-state index in [9.17, 15) is 32.3 Å². The maximum atomic E-state index is 14.1. The topological polar surface area (TPSA) is 208 Å². The van der Waals surface area contributed by atoms with E-state index >= 15 is 0 Å². The van der Waals surface area contributed by atoms with Gasteiger partial charge in [0, 0.05) is 148 Å². The van der Waals surface area contributed by atoms with E-state index < -0.39 is 23.4 Å². The van der Waals surface area contributed by atoms with Crippen molar-refractivity contribution in [2.24, 2.45) is 0 Å². The Hall–Kier alpha value is -8.17. The van der Waals surface area contributed by atoms with E-state index in [1.165, 1.54) is 40.8 Å². The van der Waals surface area contributed by atoms with E-state index in [-0.39, 0.29) is 28.6 Å². The zero-order chi connectivity index (χ0) is 59.9. The Morgan fingerprint density at radius 2 is 0.900 bits per heavy atom. The number of nitrogens with zero attached hydrogens (tertiary/aromatic N) is 6. The van der Waals surface area contributed by atoms with E-state index in [1.807, 2.05) is 110 Å². The molecule has 0 aliphatic rings. The fourth-order valence-corrected chi connectivity index (χ4v) is 6.99. The van der Waals surface area contributed by atoms with Crippen LogP contribution in [0, 0.1) is 17.5 Å². The molecular weight excluding hydrogens is 1030 g/mol. The molecule has 2 amide bonds. The number of nitrogens with one attached hydrogen (secondary N) is 4. The molecule has 0 aliphatic heterocycles. The number of aldehydes is 1. The minimum Gasteiger partial charge on any atom is -0.478 e. The van der Waals surface area contributed by atoms with E-state index in [4.69, 9.17) is 16.6 Å². The second-order valence-electron chi connectivity index (χ2n) is 19.0. The van der Waals surface area contributed by atoms with E-state index in [2.05, 4.69) is 67.5 Å². The monoisotopic (exact) mass is 1110 g/mol. The number of nitrogens with two attached hydrogens (primary N) is 2. The predicted octanol–water partition coefficient (Wildman–Crippen LogP) is 7.57. The highest BCUT2D eigenvalue weighted by Gasteiger charge is 2.18. The van der Waals surface area contributed by atoms with Crippen LogP contribution in [0.25, 0.3) is 0 Å². The number of amides is 2. The summed E-state index contributed by atoms with van der Waals surface area (Å²) in [5.41, 5.74) is 18.6. The highest BCUT2D eigenvalue weighted by atomic mass is 19.1. The molecule has 0 bridgehead atoms. The molecule has 0 atom stereocenters. The summed E-state index contributed by atoms with van der Waals surface area (Å²) in [5, 5.41) is 20.7. The highest BCUT2D eigenvalue weighted by molar-refractivity contribution is 6.00. The average molecular weight is 1110 g/mol. The lowest BCUT2D eigenvalue weighted by atomic mass is 10.1. The fourth-order valence-electron chi connectivity index (χ4n) is 6.99. The maximum absolute atomic E-state index is 14.1. The zero-order valence-electron chi connectivity index (χ0n) is 48.4. The lowest BCUT2D eigenvalue weighted by Gasteiger charge is -2.23. The van der Waals surface area contributed by atoms with Crippen molar-refractivity contribution < 1.29 is 37.5 Å². The van der Waals surface area contributed by atoms with Crippen LogP contribution in [0.4, 0.5) is 47.3 Å². The quantitative estimate of drug-likeness (QED) is 0.0211. The number of halogens is 3. The number of benzene rings is 6. The van der Waals surface area contributed by atoms with Crippen LogP contribution in [0.5, 0.6) is 0 Å². The van der Waals surface area contributed by atoms with Gasteiger partial charge in [0.2, 0.25) is 0 Å². The number of carbonyl (C=O) groups excluding carboxylic acids is 3. The third kappa shape index (κ3) is 24.7. The molecule has 17 nitrogen and oxygen atoms in total. The summed E-state index contributed by atoms with van der Waals surface area (Å²) in [7, 11) is 23.1. The number of carboxylic acid groups (broad SMARTS) is 1. The molecule has 0 unspecified atom stereocenters. The summed E-state index contributed by atoms with van der Waals surface area (Å²) in [5.74, 6) is -3.18. The molecule has 9 N–H and O–H groups in total. The lowest BCUT2D eigenvalue weighted by Crippen LogP contribution is -2.35. The summed E-state index contributed by atoms with van der Waals surface area (Å²) in [6.07, 6.45) is 0.847. The minimum absolute atomic E-state index is 0.0684. The summed E-state index contributed by atoms with van der Waals surface area (Å²) in [6, 6.07) is 35.4. The molecule has 20 heteroatoms. The van der Waals surface area contributed by atoms with Crippen LogP contribution in [-0.4, -0.2) is 168 Å². The van der Waals surface area contributed by atoms with Gasteiger partial charge in [-0.25, -0.2) is 18.0 Å². The number of likely N-dealkylation sites (N-methyl/N-ethyl adjacent to an activating group) is 6. The van der Waals surface area contributed by atoms with Crippen molar-refractivity contribution in [3.8, 4) is 0 Å². The fraction of sp³-hybridized carbons (Fsp3) is 0.333. The number of nitrogen functional groups attached to an aromatic ring is 2. The summed E-state index contributed by atoms with van der Waals surface area (Å²) in [4.78, 5) is 57.1. The van der Waals surface area contributed by atoms with Gasteiger partial charge in [0.1, 0.15) is 23.7 Å². The number of carboxylic acids is 1. The van der Waals surface area contributed by atoms with Crippen LogP contribution in [-0.2, 0) is 13.1 Å². The van der Waals surface area contributed by atoms with Gasteiger partial charge in [0.25, 0.3) is 11.8 Å². The largest absolute Gasteiger partial charge is 0.478 e. The Labute approximate surface area is 471 Å². The molecule has 0 saturated carbocycles. The van der Waals surface area contributed by atoms with E-state index in [0.29, 0.717) is 49.7 Å². The Balaban J connectivity index is 0.000000405. The average Bonchev–Trinajstić information content (AvgIpc) is 3.44. The second-order valence-corrected chi connectivity index (χ2v) is 19.0.